The Balaban J connectivity index is 0. The minimum atomic E-state index is 0. The van der Waals surface area contributed by atoms with Gasteiger partial charge in [0.15, 0.2) is 0 Å². The molecule has 0 aromatic rings. The molecule has 1 heteroatoms. The first kappa shape index (κ1) is 8.88. The van der Waals surface area contributed by atoms with Crippen LogP contribution in [0.1, 0.15) is 0 Å². The SMILES string of the molecule is [CH-]=CC=[CH-].[Co+2]. The predicted molar refractivity (Wildman–Crippen MR) is 17.7 cm³/mol. The van der Waals surface area contributed by atoms with Gasteiger partial charge in [0.25, 0.3) is 0 Å². The summed E-state index contributed by atoms with van der Waals surface area (Å²) in [6.45, 7) is 9.44. The molecule has 0 aromatic carbocycles. The van der Waals surface area contributed by atoms with Gasteiger partial charge in [0.05, 0.1) is 0 Å². The largest absolute Gasteiger partial charge is 2.00 e. The molecular weight excluding hydrogens is 107 g/mol. The fourth-order valence-corrected chi connectivity index (χ4v) is 0. The minimum absolute atomic E-state index is 0. The van der Waals surface area contributed by atoms with Crippen LogP contribution >= 0.6 is 0 Å². The van der Waals surface area contributed by atoms with Gasteiger partial charge in [0.1, 0.15) is 0 Å². The summed E-state index contributed by atoms with van der Waals surface area (Å²) >= 11 is 0. The first-order valence-electron chi connectivity index (χ1n) is 1.00. The van der Waals surface area contributed by atoms with E-state index in [1.165, 1.54) is 12.2 Å². The van der Waals surface area contributed by atoms with Crippen LogP contribution in [0, 0.1) is 13.2 Å². The summed E-state index contributed by atoms with van der Waals surface area (Å²) in [5.41, 5.74) is 0. The van der Waals surface area contributed by atoms with Gasteiger partial charge in [-0.05, 0) is 0 Å². The molecule has 29 valence electrons. The maximum atomic E-state index is 4.72. The third-order valence-electron chi connectivity index (χ3n) is 0.111. The molecule has 0 aromatic heterocycles. The van der Waals surface area contributed by atoms with Crippen LogP contribution in [0.2, 0.25) is 0 Å². The summed E-state index contributed by atoms with van der Waals surface area (Å²) in [6.07, 6.45) is 2.56. The van der Waals surface area contributed by atoms with Gasteiger partial charge in [-0.1, -0.05) is 0 Å². The smallest absolute Gasteiger partial charge is 0.394 e. The van der Waals surface area contributed by atoms with Crippen LogP contribution in [0.15, 0.2) is 12.2 Å². The van der Waals surface area contributed by atoms with Crippen LogP contribution < -0.4 is 0 Å². The summed E-state index contributed by atoms with van der Waals surface area (Å²) < 4.78 is 0. The van der Waals surface area contributed by atoms with Gasteiger partial charge in [-0.15, -0.1) is 0 Å². The molecule has 0 spiro atoms. The van der Waals surface area contributed by atoms with Crippen molar-refractivity contribution < 1.29 is 16.8 Å². The minimum Gasteiger partial charge on any atom is -0.394 e. The van der Waals surface area contributed by atoms with Gasteiger partial charge in [-0.25, -0.2) is 0 Å². The van der Waals surface area contributed by atoms with E-state index < -0.39 is 0 Å². The number of rotatable bonds is 1. The molecule has 0 nitrogen and oxygen atoms in total. The Bertz CT molecular complexity index is 24.6. The van der Waals surface area contributed by atoms with E-state index in [1.807, 2.05) is 0 Å². The second-order valence-electron chi connectivity index (χ2n) is 0.385. The van der Waals surface area contributed by atoms with E-state index in [0.29, 0.717) is 0 Å². The molecule has 0 saturated heterocycles. The van der Waals surface area contributed by atoms with Crippen molar-refractivity contribution in [1.29, 1.82) is 0 Å². The van der Waals surface area contributed by atoms with Gasteiger partial charge in [-0.2, -0.15) is 0 Å². The van der Waals surface area contributed by atoms with E-state index in [4.69, 9.17) is 13.2 Å². The first-order chi connectivity index (χ1) is 1.91. The van der Waals surface area contributed by atoms with Gasteiger partial charge < -0.3 is 25.3 Å². The molecule has 0 unspecified atom stereocenters. The van der Waals surface area contributed by atoms with Crippen molar-refractivity contribution in [2.45, 2.75) is 0 Å². The van der Waals surface area contributed by atoms with Gasteiger partial charge >= 0.3 is 16.8 Å². The van der Waals surface area contributed by atoms with Crippen molar-refractivity contribution in [3.63, 3.8) is 0 Å². The second kappa shape index (κ2) is 9.01. The molecule has 0 aliphatic heterocycles. The Morgan fingerprint density at radius 1 is 1.00 bits per heavy atom. The second-order valence-corrected chi connectivity index (χ2v) is 0.385. The van der Waals surface area contributed by atoms with Crippen molar-refractivity contribution in [3.05, 3.63) is 25.3 Å². The number of hydrogen-bond donors (Lipinski definition) is 0. The van der Waals surface area contributed by atoms with Crippen molar-refractivity contribution >= 4 is 0 Å². The molecule has 0 atom stereocenters. The molecular formula is C4H4Co. The molecule has 0 fully saturated rings. The molecule has 0 amide bonds. The molecule has 1 radical (unpaired) electrons. The van der Waals surface area contributed by atoms with Crippen molar-refractivity contribution in [1.82, 2.24) is 0 Å². The topological polar surface area (TPSA) is 0 Å². The van der Waals surface area contributed by atoms with Crippen molar-refractivity contribution in [2.24, 2.45) is 0 Å². The summed E-state index contributed by atoms with van der Waals surface area (Å²) in [5.74, 6) is 0. The Kier molecular flexibility index (Phi) is 16.0. The zero-order valence-electron chi connectivity index (χ0n) is 2.64. The van der Waals surface area contributed by atoms with Gasteiger partial charge in [-0.3, -0.25) is 0 Å². The van der Waals surface area contributed by atoms with Crippen LogP contribution in [-0.4, -0.2) is 0 Å². The van der Waals surface area contributed by atoms with Crippen molar-refractivity contribution in [2.75, 3.05) is 0 Å². The molecule has 0 heterocycles. The molecule has 0 rings (SSSR count). The van der Waals surface area contributed by atoms with Crippen LogP contribution in [0.4, 0.5) is 0 Å². The van der Waals surface area contributed by atoms with E-state index in [0.717, 1.165) is 0 Å². The standard InChI is InChI=1S/C4H4.Co/c1-3-4-2;/h1-4H;/q-2;+2. The number of allylic oxidation sites excluding steroid dienone is 2. The predicted octanol–water partition coefficient (Wildman–Crippen LogP) is 0.962. The normalized spacial score (nSPS) is 4.00. The van der Waals surface area contributed by atoms with E-state index in [9.17, 15) is 0 Å². The Morgan fingerprint density at radius 3 is 1.20 bits per heavy atom. The first-order valence-corrected chi connectivity index (χ1v) is 1.00. The molecule has 0 N–H and O–H groups in total. The molecule has 0 aliphatic carbocycles. The average Bonchev–Trinajstić information content (AvgIpc) is 1.37. The van der Waals surface area contributed by atoms with E-state index in [1.54, 1.807) is 0 Å². The Labute approximate surface area is 42.8 Å². The maximum Gasteiger partial charge on any atom is 2.00 e. The zero-order chi connectivity index (χ0) is 3.41. The fraction of sp³-hybridized carbons (Fsp3) is 0. The van der Waals surface area contributed by atoms with E-state index in [-0.39, 0.29) is 16.8 Å². The Hall–Kier alpha value is -0.0135. The monoisotopic (exact) mass is 111 g/mol. The van der Waals surface area contributed by atoms with Gasteiger partial charge in [0.2, 0.25) is 0 Å². The average molecular weight is 111 g/mol. The fourth-order valence-electron chi connectivity index (χ4n) is 0. The molecule has 0 aliphatic rings. The van der Waals surface area contributed by atoms with E-state index >= 15 is 0 Å². The van der Waals surface area contributed by atoms with Crippen LogP contribution in [0.25, 0.3) is 0 Å². The third-order valence-corrected chi connectivity index (χ3v) is 0.111. The molecule has 0 bridgehead atoms. The van der Waals surface area contributed by atoms with Crippen LogP contribution in [0.5, 0.6) is 0 Å². The molecule has 5 heavy (non-hydrogen) atoms. The number of hydrogen-bond acceptors (Lipinski definition) is 0. The van der Waals surface area contributed by atoms with Gasteiger partial charge in [0, 0.05) is 0 Å². The third kappa shape index (κ3) is 16.2. The summed E-state index contributed by atoms with van der Waals surface area (Å²) in [6, 6.07) is 0. The summed E-state index contributed by atoms with van der Waals surface area (Å²) in [7, 11) is 0. The van der Waals surface area contributed by atoms with Crippen LogP contribution in [0.3, 0.4) is 0 Å². The van der Waals surface area contributed by atoms with Crippen molar-refractivity contribution in [3.8, 4) is 0 Å². The zero-order valence-corrected chi connectivity index (χ0v) is 3.68. The quantitative estimate of drug-likeness (QED) is 0.349. The summed E-state index contributed by atoms with van der Waals surface area (Å²) in [5, 5.41) is 0. The molecule has 0 saturated carbocycles. The summed E-state index contributed by atoms with van der Waals surface area (Å²) in [4.78, 5) is 0. The maximum absolute atomic E-state index is 4.72. The Morgan fingerprint density at radius 2 is 1.20 bits per heavy atom. The van der Waals surface area contributed by atoms with Crippen LogP contribution in [-0.2, 0) is 16.8 Å². The van der Waals surface area contributed by atoms with E-state index in [2.05, 4.69) is 0 Å².